The second kappa shape index (κ2) is 5.80. The molecule has 0 radical (unpaired) electrons. The predicted molar refractivity (Wildman–Crippen MR) is 83.6 cm³/mol. The van der Waals surface area contributed by atoms with E-state index in [1.807, 2.05) is 31.2 Å². The van der Waals surface area contributed by atoms with Crippen LogP contribution in [0.1, 0.15) is 5.56 Å². The van der Waals surface area contributed by atoms with Gasteiger partial charge in [-0.1, -0.05) is 42.0 Å². The molecule has 0 aliphatic carbocycles. The zero-order valence-electron chi connectivity index (χ0n) is 12.3. The second-order valence-electron chi connectivity index (χ2n) is 5.32. The van der Waals surface area contributed by atoms with Gasteiger partial charge < -0.3 is 5.11 Å². The van der Waals surface area contributed by atoms with Crippen LogP contribution < -0.4 is 0 Å². The molecule has 0 heterocycles. The van der Waals surface area contributed by atoms with E-state index in [9.17, 15) is 13.2 Å². The number of halogens is 3. The van der Waals surface area contributed by atoms with E-state index < -0.39 is 23.2 Å². The SMILES string of the molecule is Cc1ccc(-c2ccc(-c3ccc(O)c(F)c3F)c(F)c2)cc1. The Bertz CT molecular complexity index is 871. The lowest BCUT2D eigenvalue weighted by atomic mass is 9.98. The molecule has 3 aromatic carbocycles. The van der Waals surface area contributed by atoms with Gasteiger partial charge in [0.05, 0.1) is 0 Å². The van der Waals surface area contributed by atoms with E-state index in [0.29, 0.717) is 5.56 Å². The number of rotatable bonds is 2. The van der Waals surface area contributed by atoms with Crippen molar-refractivity contribution in [3.05, 3.63) is 77.6 Å². The molecular weight excluding hydrogens is 301 g/mol. The summed E-state index contributed by atoms with van der Waals surface area (Å²) in [4.78, 5) is 0. The number of phenols is 1. The van der Waals surface area contributed by atoms with Crippen molar-refractivity contribution in [2.75, 3.05) is 0 Å². The molecule has 1 nitrogen and oxygen atoms in total. The third kappa shape index (κ3) is 2.80. The first-order chi connectivity index (χ1) is 11.0. The molecule has 3 aromatic rings. The summed E-state index contributed by atoms with van der Waals surface area (Å²) in [6.07, 6.45) is 0. The van der Waals surface area contributed by atoms with Gasteiger partial charge in [-0.3, -0.25) is 0 Å². The van der Waals surface area contributed by atoms with Gasteiger partial charge in [0.1, 0.15) is 5.82 Å². The van der Waals surface area contributed by atoms with Crippen LogP contribution in [0.25, 0.3) is 22.3 Å². The van der Waals surface area contributed by atoms with Gasteiger partial charge in [0.25, 0.3) is 0 Å². The van der Waals surface area contributed by atoms with E-state index in [4.69, 9.17) is 5.11 Å². The van der Waals surface area contributed by atoms with Crippen LogP contribution in [0.3, 0.4) is 0 Å². The maximum atomic E-state index is 14.4. The zero-order chi connectivity index (χ0) is 16.6. The number of hydrogen-bond acceptors (Lipinski definition) is 1. The predicted octanol–water partition coefficient (Wildman–Crippen LogP) is 5.45. The Labute approximate surface area is 131 Å². The summed E-state index contributed by atoms with van der Waals surface area (Å²) in [5.41, 5.74) is 2.28. The fourth-order valence-corrected chi connectivity index (χ4v) is 2.41. The molecule has 1 N–H and O–H groups in total. The van der Waals surface area contributed by atoms with Crippen LogP contribution in [0.15, 0.2) is 54.6 Å². The zero-order valence-corrected chi connectivity index (χ0v) is 12.3. The molecule has 116 valence electrons. The van der Waals surface area contributed by atoms with Crippen molar-refractivity contribution in [3.63, 3.8) is 0 Å². The molecule has 0 spiro atoms. The summed E-state index contributed by atoms with van der Waals surface area (Å²) in [6, 6.07) is 14.0. The largest absolute Gasteiger partial charge is 0.505 e. The maximum absolute atomic E-state index is 14.4. The number of hydrogen-bond donors (Lipinski definition) is 1. The summed E-state index contributed by atoms with van der Waals surface area (Å²) < 4.78 is 41.7. The fourth-order valence-electron chi connectivity index (χ4n) is 2.41. The Balaban J connectivity index is 2.07. The highest BCUT2D eigenvalue weighted by molar-refractivity contribution is 5.72. The highest BCUT2D eigenvalue weighted by Gasteiger charge is 2.17. The summed E-state index contributed by atoms with van der Waals surface area (Å²) in [7, 11) is 0. The van der Waals surface area contributed by atoms with Crippen molar-refractivity contribution in [1.29, 1.82) is 0 Å². The van der Waals surface area contributed by atoms with Crippen molar-refractivity contribution < 1.29 is 18.3 Å². The molecule has 0 bridgehead atoms. The van der Waals surface area contributed by atoms with Crippen LogP contribution in [0.4, 0.5) is 13.2 Å². The lowest BCUT2D eigenvalue weighted by molar-refractivity contribution is 0.408. The van der Waals surface area contributed by atoms with Crippen LogP contribution in [0.5, 0.6) is 5.75 Å². The van der Waals surface area contributed by atoms with Crippen LogP contribution >= 0.6 is 0 Å². The normalized spacial score (nSPS) is 10.8. The van der Waals surface area contributed by atoms with Gasteiger partial charge >= 0.3 is 0 Å². The molecule has 0 aliphatic rings. The van der Waals surface area contributed by atoms with Crippen LogP contribution in [0, 0.1) is 24.4 Å². The summed E-state index contributed by atoms with van der Waals surface area (Å²) in [6.45, 7) is 1.95. The molecule has 3 rings (SSSR count). The molecule has 0 atom stereocenters. The van der Waals surface area contributed by atoms with E-state index in [1.165, 1.54) is 12.1 Å². The van der Waals surface area contributed by atoms with Gasteiger partial charge in [-0.15, -0.1) is 0 Å². The first-order valence-electron chi connectivity index (χ1n) is 7.01. The highest BCUT2D eigenvalue weighted by atomic mass is 19.2. The smallest absolute Gasteiger partial charge is 0.200 e. The average Bonchev–Trinajstić information content (AvgIpc) is 2.54. The Morgan fingerprint density at radius 2 is 1.30 bits per heavy atom. The van der Waals surface area contributed by atoms with Crippen molar-refractivity contribution in [1.82, 2.24) is 0 Å². The minimum absolute atomic E-state index is 0.0581. The molecule has 0 saturated carbocycles. The Morgan fingerprint density at radius 1 is 0.696 bits per heavy atom. The first-order valence-corrected chi connectivity index (χ1v) is 7.01. The van der Waals surface area contributed by atoms with E-state index in [0.717, 1.165) is 23.3 Å². The van der Waals surface area contributed by atoms with Gasteiger partial charge in [-0.25, -0.2) is 8.78 Å². The minimum atomic E-state index is -1.38. The third-order valence-electron chi connectivity index (χ3n) is 3.71. The quantitative estimate of drug-likeness (QED) is 0.666. The topological polar surface area (TPSA) is 20.2 Å². The molecule has 0 amide bonds. The molecule has 0 saturated heterocycles. The van der Waals surface area contributed by atoms with Crippen molar-refractivity contribution in [3.8, 4) is 28.0 Å². The molecule has 23 heavy (non-hydrogen) atoms. The monoisotopic (exact) mass is 314 g/mol. The molecule has 0 aromatic heterocycles. The lowest BCUT2D eigenvalue weighted by Gasteiger charge is -2.09. The standard InChI is InChI=1S/C19H13F3O/c1-11-2-4-12(5-3-11)13-6-7-14(16(20)10-13)15-8-9-17(23)19(22)18(15)21/h2-10,23H,1H3. The van der Waals surface area contributed by atoms with E-state index in [2.05, 4.69) is 0 Å². The van der Waals surface area contributed by atoms with Gasteiger partial charge in [0, 0.05) is 11.1 Å². The molecule has 0 fully saturated rings. The van der Waals surface area contributed by atoms with Crippen molar-refractivity contribution in [2.45, 2.75) is 6.92 Å². The Morgan fingerprint density at radius 3 is 1.96 bits per heavy atom. The van der Waals surface area contributed by atoms with E-state index in [1.54, 1.807) is 6.07 Å². The van der Waals surface area contributed by atoms with Crippen molar-refractivity contribution >= 4 is 0 Å². The van der Waals surface area contributed by atoms with E-state index >= 15 is 0 Å². The molecule has 0 aliphatic heterocycles. The van der Waals surface area contributed by atoms with Crippen LogP contribution in [-0.2, 0) is 0 Å². The van der Waals surface area contributed by atoms with Gasteiger partial charge in [-0.2, -0.15) is 4.39 Å². The number of aryl methyl sites for hydroxylation is 1. The number of benzene rings is 3. The molecule has 4 heteroatoms. The number of aromatic hydroxyl groups is 1. The minimum Gasteiger partial charge on any atom is -0.505 e. The van der Waals surface area contributed by atoms with Gasteiger partial charge in [-0.05, 0) is 36.2 Å². The summed E-state index contributed by atoms with van der Waals surface area (Å²) in [5.74, 6) is -4.12. The number of phenolic OH excluding ortho intramolecular Hbond substituents is 1. The lowest BCUT2D eigenvalue weighted by Crippen LogP contribution is -1.93. The maximum Gasteiger partial charge on any atom is 0.200 e. The third-order valence-corrected chi connectivity index (χ3v) is 3.71. The Kier molecular flexibility index (Phi) is 3.82. The van der Waals surface area contributed by atoms with Gasteiger partial charge in [0.2, 0.25) is 5.82 Å². The van der Waals surface area contributed by atoms with Crippen LogP contribution in [0.2, 0.25) is 0 Å². The average molecular weight is 314 g/mol. The van der Waals surface area contributed by atoms with Crippen molar-refractivity contribution in [2.24, 2.45) is 0 Å². The van der Waals surface area contributed by atoms with E-state index in [-0.39, 0.29) is 11.1 Å². The second-order valence-corrected chi connectivity index (χ2v) is 5.32. The van der Waals surface area contributed by atoms with Crippen LogP contribution in [-0.4, -0.2) is 5.11 Å². The molecule has 0 unspecified atom stereocenters. The first kappa shape index (κ1) is 15.2. The van der Waals surface area contributed by atoms with Gasteiger partial charge in [0.15, 0.2) is 11.6 Å². The Hall–Kier alpha value is -2.75. The summed E-state index contributed by atoms with van der Waals surface area (Å²) in [5, 5.41) is 9.15. The molecular formula is C19H13F3O. The summed E-state index contributed by atoms with van der Waals surface area (Å²) >= 11 is 0. The fraction of sp³-hybridized carbons (Fsp3) is 0.0526. The highest BCUT2D eigenvalue weighted by Crippen LogP contribution is 2.32.